The predicted molar refractivity (Wildman–Crippen MR) is 69.5 cm³/mol. The van der Waals surface area contributed by atoms with E-state index < -0.39 is 0 Å². The summed E-state index contributed by atoms with van der Waals surface area (Å²) in [6.07, 6.45) is 5.91. The predicted octanol–water partition coefficient (Wildman–Crippen LogP) is 3.40. The molecule has 2 unspecified atom stereocenters. The Bertz CT molecular complexity index is 388. The maximum Gasteiger partial charge on any atom is 0.0296 e. The van der Waals surface area contributed by atoms with E-state index in [1.165, 1.54) is 36.0 Å². The molecule has 2 rings (SSSR count). The lowest BCUT2D eigenvalue weighted by molar-refractivity contribution is 0.509. The van der Waals surface area contributed by atoms with Crippen molar-refractivity contribution in [2.75, 3.05) is 0 Å². The van der Waals surface area contributed by atoms with E-state index in [1.54, 1.807) is 0 Å². The van der Waals surface area contributed by atoms with Gasteiger partial charge in [-0.2, -0.15) is 0 Å². The smallest absolute Gasteiger partial charge is 0.0296 e. The van der Waals surface area contributed by atoms with Gasteiger partial charge in [0.25, 0.3) is 0 Å². The number of allylic oxidation sites excluding steroid dienone is 1. The first-order valence-corrected chi connectivity index (χ1v) is 6.17. The maximum absolute atomic E-state index is 6.29. The van der Waals surface area contributed by atoms with E-state index in [0.717, 1.165) is 0 Å². The number of rotatable bonds is 2. The van der Waals surface area contributed by atoms with E-state index in [9.17, 15) is 0 Å². The monoisotopic (exact) mass is 215 g/mol. The van der Waals surface area contributed by atoms with Gasteiger partial charge in [0.05, 0.1) is 0 Å². The van der Waals surface area contributed by atoms with Crippen molar-refractivity contribution in [1.29, 1.82) is 0 Å². The van der Waals surface area contributed by atoms with Crippen LogP contribution in [0.3, 0.4) is 0 Å². The van der Waals surface area contributed by atoms with E-state index in [0.29, 0.717) is 5.92 Å². The van der Waals surface area contributed by atoms with Crippen LogP contribution in [-0.2, 0) is 6.42 Å². The highest BCUT2D eigenvalue weighted by atomic mass is 14.6. The topological polar surface area (TPSA) is 26.0 Å². The fourth-order valence-electron chi connectivity index (χ4n) is 2.69. The fraction of sp³-hybridized carbons (Fsp3) is 0.467. The molecule has 1 aliphatic rings. The molecule has 0 saturated heterocycles. The van der Waals surface area contributed by atoms with E-state index >= 15 is 0 Å². The number of benzene rings is 1. The average molecular weight is 215 g/mol. The van der Waals surface area contributed by atoms with Gasteiger partial charge in [-0.05, 0) is 44.2 Å². The third-order valence-electron chi connectivity index (χ3n) is 3.41. The Morgan fingerprint density at radius 1 is 1.38 bits per heavy atom. The van der Waals surface area contributed by atoms with Gasteiger partial charge in [-0.15, -0.1) is 0 Å². The standard InChI is InChI=1S/C15H21N/c1-11(2)10-15(16)14-9-5-7-12-6-3-4-8-13(12)14/h3-4,6,8,10,14-15H,5,7,9,16H2,1-2H3. The Labute approximate surface area is 98.4 Å². The lowest BCUT2D eigenvalue weighted by Crippen LogP contribution is -2.29. The Morgan fingerprint density at radius 3 is 2.88 bits per heavy atom. The van der Waals surface area contributed by atoms with Crippen LogP contribution in [0.15, 0.2) is 35.9 Å². The summed E-state index contributed by atoms with van der Waals surface area (Å²) >= 11 is 0. The highest BCUT2D eigenvalue weighted by Crippen LogP contribution is 2.33. The molecule has 0 spiro atoms. The van der Waals surface area contributed by atoms with Crippen LogP contribution in [0.5, 0.6) is 0 Å². The molecule has 0 fully saturated rings. The Hall–Kier alpha value is -1.08. The van der Waals surface area contributed by atoms with Crippen molar-refractivity contribution >= 4 is 0 Å². The van der Waals surface area contributed by atoms with E-state index in [-0.39, 0.29) is 6.04 Å². The molecule has 0 aliphatic heterocycles. The van der Waals surface area contributed by atoms with Gasteiger partial charge in [0, 0.05) is 12.0 Å². The maximum atomic E-state index is 6.29. The van der Waals surface area contributed by atoms with Gasteiger partial charge in [-0.25, -0.2) is 0 Å². The Kier molecular flexibility index (Phi) is 3.45. The lowest BCUT2D eigenvalue weighted by atomic mass is 9.78. The Morgan fingerprint density at radius 2 is 2.12 bits per heavy atom. The van der Waals surface area contributed by atoms with Gasteiger partial charge < -0.3 is 5.73 Å². The van der Waals surface area contributed by atoms with Crippen molar-refractivity contribution in [3.05, 3.63) is 47.0 Å². The van der Waals surface area contributed by atoms with Crippen molar-refractivity contribution in [2.24, 2.45) is 5.73 Å². The first-order chi connectivity index (χ1) is 7.68. The zero-order valence-corrected chi connectivity index (χ0v) is 10.2. The molecule has 1 nitrogen and oxygen atoms in total. The molecule has 0 radical (unpaired) electrons. The van der Waals surface area contributed by atoms with E-state index in [4.69, 9.17) is 5.73 Å². The van der Waals surface area contributed by atoms with Gasteiger partial charge in [-0.3, -0.25) is 0 Å². The summed E-state index contributed by atoms with van der Waals surface area (Å²) in [6.45, 7) is 4.24. The summed E-state index contributed by atoms with van der Waals surface area (Å²) in [7, 11) is 0. The molecule has 86 valence electrons. The summed E-state index contributed by atoms with van der Waals surface area (Å²) in [4.78, 5) is 0. The summed E-state index contributed by atoms with van der Waals surface area (Å²) in [5.74, 6) is 0.514. The van der Waals surface area contributed by atoms with E-state index in [2.05, 4.69) is 44.2 Å². The van der Waals surface area contributed by atoms with Crippen LogP contribution in [0.2, 0.25) is 0 Å². The number of nitrogens with two attached hydrogens (primary N) is 1. The first kappa shape index (κ1) is 11.4. The van der Waals surface area contributed by atoms with Crippen molar-refractivity contribution < 1.29 is 0 Å². The molecule has 0 aromatic heterocycles. The third-order valence-corrected chi connectivity index (χ3v) is 3.41. The van der Waals surface area contributed by atoms with E-state index in [1.807, 2.05) is 0 Å². The second-order valence-corrected chi connectivity index (χ2v) is 5.02. The number of hydrogen-bond donors (Lipinski definition) is 1. The summed E-state index contributed by atoms with van der Waals surface area (Å²) in [6, 6.07) is 8.93. The van der Waals surface area contributed by atoms with Crippen LogP contribution in [-0.4, -0.2) is 6.04 Å². The van der Waals surface area contributed by atoms with Crippen molar-refractivity contribution in [3.63, 3.8) is 0 Å². The molecule has 2 atom stereocenters. The van der Waals surface area contributed by atoms with Crippen molar-refractivity contribution in [3.8, 4) is 0 Å². The molecular formula is C15H21N. The van der Waals surface area contributed by atoms with Gasteiger partial charge in [0.1, 0.15) is 0 Å². The molecule has 16 heavy (non-hydrogen) atoms. The molecule has 1 aromatic rings. The molecule has 2 N–H and O–H groups in total. The van der Waals surface area contributed by atoms with Gasteiger partial charge >= 0.3 is 0 Å². The largest absolute Gasteiger partial charge is 0.324 e. The molecule has 0 bridgehead atoms. The minimum Gasteiger partial charge on any atom is -0.324 e. The van der Waals surface area contributed by atoms with Crippen LogP contribution < -0.4 is 5.73 Å². The first-order valence-electron chi connectivity index (χ1n) is 6.17. The molecule has 0 saturated carbocycles. The normalized spacial score (nSPS) is 21.1. The number of hydrogen-bond acceptors (Lipinski definition) is 1. The second kappa shape index (κ2) is 4.84. The Balaban J connectivity index is 2.28. The SMILES string of the molecule is CC(C)=CC(N)C1CCCc2ccccc21. The fourth-order valence-corrected chi connectivity index (χ4v) is 2.69. The van der Waals surface area contributed by atoms with Crippen LogP contribution >= 0.6 is 0 Å². The van der Waals surface area contributed by atoms with Crippen molar-refractivity contribution in [2.45, 2.75) is 45.1 Å². The minimum absolute atomic E-state index is 0.173. The van der Waals surface area contributed by atoms with Gasteiger partial charge in [0.2, 0.25) is 0 Å². The summed E-state index contributed by atoms with van der Waals surface area (Å²) in [5.41, 5.74) is 10.6. The highest BCUT2D eigenvalue weighted by Gasteiger charge is 2.23. The molecular weight excluding hydrogens is 194 g/mol. The zero-order chi connectivity index (χ0) is 11.5. The summed E-state index contributed by atoms with van der Waals surface area (Å²) in [5, 5.41) is 0. The van der Waals surface area contributed by atoms with Crippen LogP contribution in [0.25, 0.3) is 0 Å². The highest BCUT2D eigenvalue weighted by molar-refractivity contribution is 5.34. The number of fused-ring (bicyclic) bond motifs is 1. The number of aryl methyl sites for hydroxylation is 1. The molecule has 0 heterocycles. The lowest BCUT2D eigenvalue weighted by Gasteiger charge is -2.29. The third kappa shape index (κ3) is 2.35. The molecule has 1 aliphatic carbocycles. The molecule has 1 heteroatoms. The molecule has 0 amide bonds. The van der Waals surface area contributed by atoms with Crippen LogP contribution in [0.1, 0.15) is 43.7 Å². The van der Waals surface area contributed by atoms with Gasteiger partial charge in [-0.1, -0.05) is 35.9 Å². The van der Waals surface area contributed by atoms with Gasteiger partial charge in [0.15, 0.2) is 0 Å². The second-order valence-electron chi connectivity index (χ2n) is 5.02. The molecule has 1 aromatic carbocycles. The summed E-state index contributed by atoms with van der Waals surface area (Å²) < 4.78 is 0. The van der Waals surface area contributed by atoms with Crippen LogP contribution in [0.4, 0.5) is 0 Å². The zero-order valence-electron chi connectivity index (χ0n) is 10.2. The van der Waals surface area contributed by atoms with Crippen LogP contribution in [0, 0.1) is 0 Å². The minimum atomic E-state index is 0.173. The average Bonchev–Trinajstić information content (AvgIpc) is 2.27. The quantitative estimate of drug-likeness (QED) is 0.752. The van der Waals surface area contributed by atoms with Crippen molar-refractivity contribution in [1.82, 2.24) is 0 Å².